The number of urea groups is 1. The van der Waals surface area contributed by atoms with Crippen molar-refractivity contribution in [3.8, 4) is 0 Å². The van der Waals surface area contributed by atoms with Crippen LogP contribution >= 0.6 is 12.6 Å². The molecule has 0 aromatic rings. The quantitative estimate of drug-likeness (QED) is 0.413. The summed E-state index contributed by atoms with van der Waals surface area (Å²) in [4.78, 5) is 22.8. The van der Waals surface area contributed by atoms with Crippen LogP contribution in [0.15, 0.2) is 0 Å². The Hall–Kier alpha value is -0.710. The van der Waals surface area contributed by atoms with Gasteiger partial charge in [-0.2, -0.15) is 0 Å². The number of nitrogens with zero attached hydrogens (tertiary/aromatic N) is 1. The molecule has 1 N–H and O–H groups in total. The van der Waals surface area contributed by atoms with Gasteiger partial charge in [-0.1, -0.05) is 0 Å². The summed E-state index contributed by atoms with van der Waals surface area (Å²) in [5.41, 5.74) is 0. The highest BCUT2D eigenvalue weighted by Gasteiger charge is 2.34. The Morgan fingerprint density at radius 2 is 2.30 bits per heavy atom. The molecule has 1 heterocycles. The lowest BCUT2D eigenvalue weighted by molar-refractivity contribution is -0.119. The smallest absolute Gasteiger partial charge is 0.304 e. The average molecular weight is 160 g/mol. The number of hydrogen-bond donors (Lipinski definition) is 2. The molecule has 56 valence electrons. The predicted octanol–water partition coefficient (Wildman–Crippen LogP) is -0.186. The van der Waals surface area contributed by atoms with E-state index in [0.717, 1.165) is 0 Å². The Morgan fingerprint density at radius 1 is 1.70 bits per heavy atom. The van der Waals surface area contributed by atoms with Crippen LogP contribution in [-0.2, 0) is 4.79 Å². The summed E-state index contributed by atoms with van der Waals surface area (Å²) in [6, 6.07) is -0.354. The van der Waals surface area contributed by atoms with E-state index in [0.29, 0.717) is 6.54 Å². The fourth-order valence-electron chi connectivity index (χ4n) is 0.811. The first-order valence-corrected chi connectivity index (χ1v) is 3.48. The van der Waals surface area contributed by atoms with Gasteiger partial charge in [0.1, 0.15) is 0 Å². The number of thiol groups is 1. The highest BCUT2D eigenvalue weighted by Crippen LogP contribution is 2.10. The lowest BCUT2D eigenvalue weighted by Gasteiger charge is -2.13. The molecule has 0 aromatic heterocycles. The van der Waals surface area contributed by atoms with Crippen LogP contribution in [0.4, 0.5) is 4.79 Å². The van der Waals surface area contributed by atoms with Gasteiger partial charge in [0.25, 0.3) is 5.91 Å². The van der Waals surface area contributed by atoms with Gasteiger partial charge < -0.3 is 4.90 Å². The number of imide groups is 1. The Kier molecular flexibility index (Phi) is 1.85. The van der Waals surface area contributed by atoms with E-state index in [1.54, 1.807) is 6.92 Å². The lowest BCUT2D eigenvalue weighted by Crippen LogP contribution is -2.30. The van der Waals surface area contributed by atoms with Crippen molar-refractivity contribution >= 4 is 24.6 Å². The molecule has 1 atom stereocenters. The first-order valence-electron chi connectivity index (χ1n) is 2.96. The largest absolute Gasteiger partial charge is 0.325 e. The maximum absolute atomic E-state index is 10.8. The molecule has 1 aliphatic heterocycles. The van der Waals surface area contributed by atoms with Crippen molar-refractivity contribution in [1.82, 2.24) is 10.2 Å². The second-order valence-corrected chi connectivity index (χ2v) is 2.44. The summed E-state index contributed by atoms with van der Waals surface area (Å²) in [7, 11) is 0. The molecular formula is C5H8N2O2S. The SMILES string of the molecule is CCN1C(=O)NC(=O)C1S. The molecule has 0 radical (unpaired) electrons. The van der Waals surface area contributed by atoms with Crippen LogP contribution in [0.1, 0.15) is 6.92 Å². The van der Waals surface area contributed by atoms with Crippen molar-refractivity contribution in [1.29, 1.82) is 0 Å². The summed E-state index contributed by atoms with van der Waals surface area (Å²) in [5.74, 6) is -0.338. The average Bonchev–Trinajstić information content (AvgIpc) is 2.09. The normalized spacial score (nSPS) is 25.4. The monoisotopic (exact) mass is 160 g/mol. The molecule has 1 rings (SSSR count). The summed E-state index contributed by atoms with van der Waals surface area (Å²) in [5, 5.41) is 1.54. The Morgan fingerprint density at radius 3 is 2.50 bits per heavy atom. The van der Waals surface area contributed by atoms with Gasteiger partial charge in [0.05, 0.1) is 0 Å². The van der Waals surface area contributed by atoms with Gasteiger partial charge in [0.15, 0.2) is 5.37 Å². The van der Waals surface area contributed by atoms with Crippen LogP contribution in [0.2, 0.25) is 0 Å². The van der Waals surface area contributed by atoms with Gasteiger partial charge in [0.2, 0.25) is 0 Å². The summed E-state index contributed by atoms with van der Waals surface area (Å²) >= 11 is 3.91. The van der Waals surface area contributed by atoms with E-state index in [9.17, 15) is 9.59 Å². The molecule has 0 aliphatic carbocycles. The zero-order valence-corrected chi connectivity index (χ0v) is 6.39. The second-order valence-electron chi connectivity index (χ2n) is 1.95. The topological polar surface area (TPSA) is 49.4 Å². The third-order valence-corrected chi connectivity index (χ3v) is 1.87. The van der Waals surface area contributed by atoms with E-state index in [4.69, 9.17) is 0 Å². The fourth-order valence-corrected chi connectivity index (χ4v) is 1.14. The highest BCUT2D eigenvalue weighted by molar-refractivity contribution is 7.81. The van der Waals surface area contributed by atoms with E-state index < -0.39 is 5.37 Å². The van der Waals surface area contributed by atoms with E-state index in [1.807, 2.05) is 0 Å². The molecule has 1 aliphatic rings. The molecule has 0 bridgehead atoms. The fraction of sp³-hybridized carbons (Fsp3) is 0.600. The molecule has 3 amide bonds. The van der Waals surface area contributed by atoms with Crippen molar-refractivity contribution in [2.75, 3.05) is 6.54 Å². The van der Waals surface area contributed by atoms with Gasteiger partial charge in [-0.05, 0) is 6.92 Å². The van der Waals surface area contributed by atoms with Crippen molar-refractivity contribution in [3.05, 3.63) is 0 Å². The minimum absolute atomic E-state index is 0.338. The minimum Gasteiger partial charge on any atom is -0.304 e. The van der Waals surface area contributed by atoms with Gasteiger partial charge >= 0.3 is 6.03 Å². The van der Waals surface area contributed by atoms with Crippen LogP contribution in [0.3, 0.4) is 0 Å². The Balaban J connectivity index is 2.73. The summed E-state index contributed by atoms with van der Waals surface area (Å²) in [6.07, 6.45) is 0. The molecule has 0 saturated carbocycles. The summed E-state index contributed by atoms with van der Waals surface area (Å²) in [6.45, 7) is 2.30. The predicted molar refractivity (Wildman–Crippen MR) is 38.7 cm³/mol. The van der Waals surface area contributed by atoms with Crippen molar-refractivity contribution in [2.24, 2.45) is 0 Å². The number of hydrogen-bond acceptors (Lipinski definition) is 3. The Labute approximate surface area is 64.0 Å². The molecule has 0 spiro atoms. The first-order chi connectivity index (χ1) is 4.66. The van der Waals surface area contributed by atoms with Crippen LogP contribution in [-0.4, -0.2) is 28.8 Å². The second kappa shape index (κ2) is 2.49. The number of amides is 3. The van der Waals surface area contributed by atoms with Crippen LogP contribution < -0.4 is 5.32 Å². The van der Waals surface area contributed by atoms with Gasteiger partial charge in [-0.15, -0.1) is 12.6 Å². The van der Waals surface area contributed by atoms with Gasteiger partial charge in [-0.3, -0.25) is 10.1 Å². The number of nitrogens with one attached hydrogen (secondary N) is 1. The van der Waals surface area contributed by atoms with Crippen molar-refractivity contribution < 1.29 is 9.59 Å². The van der Waals surface area contributed by atoms with Crippen molar-refractivity contribution in [2.45, 2.75) is 12.3 Å². The van der Waals surface area contributed by atoms with Crippen LogP contribution in [0.5, 0.6) is 0 Å². The zero-order valence-electron chi connectivity index (χ0n) is 5.50. The molecule has 1 saturated heterocycles. The number of rotatable bonds is 1. The maximum Gasteiger partial charge on any atom is 0.325 e. The van der Waals surface area contributed by atoms with E-state index in [2.05, 4.69) is 17.9 Å². The zero-order chi connectivity index (χ0) is 7.72. The standard InChI is InChI=1S/C5H8N2O2S/c1-2-7-4(10)3(8)6-5(7)9/h4,10H,2H2,1H3,(H,6,8,9). The number of likely N-dealkylation sites (N-methyl/N-ethyl adjacent to an activating group) is 1. The maximum atomic E-state index is 10.8. The number of carbonyl (C=O) groups excluding carboxylic acids is 2. The van der Waals surface area contributed by atoms with Gasteiger partial charge in [0, 0.05) is 6.54 Å². The first kappa shape index (κ1) is 7.40. The van der Waals surface area contributed by atoms with Crippen LogP contribution in [0, 0.1) is 0 Å². The molecular weight excluding hydrogens is 152 g/mol. The molecule has 1 unspecified atom stereocenters. The minimum atomic E-state index is -0.600. The third kappa shape index (κ3) is 0.965. The van der Waals surface area contributed by atoms with E-state index >= 15 is 0 Å². The van der Waals surface area contributed by atoms with E-state index in [-0.39, 0.29) is 11.9 Å². The summed E-state index contributed by atoms with van der Waals surface area (Å²) < 4.78 is 0. The van der Waals surface area contributed by atoms with E-state index in [1.165, 1.54) is 4.90 Å². The highest BCUT2D eigenvalue weighted by atomic mass is 32.1. The number of carbonyl (C=O) groups is 2. The van der Waals surface area contributed by atoms with Gasteiger partial charge in [-0.25, -0.2) is 4.79 Å². The molecule has 0 aromatic carbocycles. The molecule has 4 nitrogen and oxygen atoms in total. The lowest BCUT2D eigenvalue weighted by atomic mass is 10.5. The Bertz CT molecular complexity index is 182. The van der Waals surface area contributed by atoms with Crippen LogP contribution in [0.25, 0.3) is 0 Å². The molecule has 1 fully saturated rings. The third-order valence-electron chi connectivity index (χ3n) is 1.36. The van der Waals surface area contributed by atoms with Crippen molar-refractivity contribution in [3.63, 3.8) is 0 Å². The molecule has 10 heavy (non-hydrogen) atoms. The molecule has 5 heteroatoms.